The van der Waals surface area contributed by atoms with Crippen LogP contribution >= 0.6 is 0 Å². The predicted octanol–water partition coefficient (Wildman–Crippen LogP) is 2.92. The second kappa shape index (κ2) is 6.47. The molecule has 96 valence electrons. The third-order valence-electron chi connectivity index (χ3n) is 2.97. The highest BCUT2D eigenvalue weighted by Gasteiger charge is 2.10. The monoisotopic (exact) mass is 244 g/mol. The van der Waals surface area contributed by atoms with Gasteiger partial charge in [-0.05, 0) is 37.2 Å². The summed E-state index contributed by atoms with van der Waals surface area (Å²) in [5, 5.41) is 4.63. The topological polar surface area (TPSA) is 34.1 Å². The van der Waals surface area contributed by atoms with Gasteiger partial charge in [0.05, 0.1) is 18.2 Å². The number of rotatable bonds is 6. The minimum atomic E-state index is 0.250. The van der Waals surface area contributed by atoms with Crippen molar-refractivity contribution in [1.82, 2.24) is 10.3 Å². The van der Waals surface area contributed by atoms with Crippen LogP contribution in [0.15, 0.2) is 36.5 Å². The van der Waals surface area contributed by atoms with Gasteiger partial charge < -0.3 is 10.1 Å². The molecule has 1 aromatic carbocycles. The molecule has 1 unspecified atom stereocenters. The van der Waals surface area contributed by atoms with E-state index in [1.165, 1.54) is 10.9 Å². The number of likely N-dealkylation sites (N-methyl/N-ethyl adjacent to an activating group) is 1. The van der Waals surface area contributed by atoms with Gasteiger partial charge in [0.2, 0.25) is 0 Å². The van der Waals surface area contributed by atoms with Crippen molar-refractivity contribution in [2.75, 3.05) is 19.8 Å². The van der Waals surface area contributed by atoms with Crippen LogP contribution in [0.5, 0.6) is 0 Å². The molecule has 3 nitrogen and oxygen atoms in total. The SMILES string of the molecule is CCNC(COCC)c1ccc2ncccc2c1. The zero-order valence-corrected chi connectivity index (χ0v) is 11.0. The third-order valence-corrected chi connectivity index (χ3v) is 2.97. The van der Waals surface area contributed by atoms with Crippen LogP contribution in [0.3, 0.4) is 0 Å². The van der Waals surface area contributed by atoms with E-state index in [1.54, 1.807) is 0 Å². The first kappa shape index (κ1) is 13.0. The first-order valence-corrected chi connectivity index (χ1v) is 6.51. The fourth-order valence-electron chi connectivity index (χ4n) is 2.07. The van der Waals surface area contributed by atoms with Crippen LogP contribution in [-0.4, -0.2) is 24.7 Å². The molecule has 3 heteroatoms. The van der Waals surface area contributed by atoms with Crippen molar-refractivity contribution in [3.05, 3.63) is 42.1 Å². The number of aromatic nitrogens is 1. The maximum atomic E-state index is 5.54. The minimum absolute atomic E-state index is 0.250. The number of hydrogen-bond acceptors (Lipinski definition) is 3. The number of ether oxygens (including phenoxy) is 1. The van der Waals surface area contributed by atoms with E-state index in [0.29, 0.717) is 6.61 Å². The summed E-state index contributed by atoms with van der Waals surface area (Å²) < 4.78 is 5.54. The lowest BCUT2D eigenvalue weighted by Gasteiger charge is -2.18. The van der Waals surface area contributed by atoms with E-state index in [-0.39, 0.29) is 6.04 Å². The fraction of sp³-hybridized carbons (Fsp3) is 0.400. The molecule has 0 amide bonds. The number of nitrogens with zero attached hydrogens (tertiary/aromatic N) is 1. The lowest BCUT2D eigenvalue weighted by Crippen LogP contribution is -2.25. The summed E-state index contributed by atoms with van der Waals surface area (Å²) in [4.78, 5) is 4.34. The van der Waals surface area contributed by atoms with E-state index in [4.69, 9.17) is 4.74 Å². The van der Waals surface area contributed by atoms with Crippen molar-refractivity contribution < 1.29 is 4.74 Å². The second-order valence-corrected chi connectivity index (χ2v) is 4.23. The maximum Gasteiger partial charge on any atom is 0.0702 e. The molecule has 0 aliphatic carbocycles. The Morgan fingerprint density at radius 1 is 1.28 bits per heavy atom. The Bertz CT molecular complexity index is 499. The molecule has 1 heterocycles. The van der Waals surface area contributed by atoms with Gasteiger partial charge in [-0.15, -0.1) is 0 Å². The summed E-state index contributed by atoms with van der Waals surface area (Å²) in [5.41, 5.74) is 2.29. The lowest BCUT2D eigenvalue weighted by molar-refractivity contribution is 0.123. The Morgan fingerprint density at radius 2 is 2.17 bits per heavy atom. The minimum Gasteiger partial charge on any atom is -0.380 e. The molecule has 1 atom stereocenters. The number of pyridine rings is 1. The molecule has 0 spiro atoms. The van der Waals surface area contributed by atoms with Crippen LogP contribution in [0.1, 0.15) is 25.5 Å². The van der Waals surface area contributed by atoms with Gasteiger partial charge in [0.1, 0.15) is 0 Å². The van der Waals surface area contributed by atoms with E-state index < -0.39 is 0 Å². The third kappa shape index (κ3) is 3.06. The molecule has 1 aromatic heterocycles. The quantitative estimate of drug-likeness (QED) is 0.848. The molecule has 1 N–H and O–H groups in total. The van der Waals surface area contributed by atoms with E-state index in [2.05, 4.69) is 41.5 Å². The predicted molar refractivity (Wildman–Crippen MR) is 74.7 cm³/mol. The molecule has 2 aromatic rings. The molecule has 18 heavy (non-hydrogen) atoms. The highest BCUT2D eigenvalue weighted by molar-refractivity contribution is 5.79. The molecule has 0 saturated carbocycles. The zero-order chi connectivity index (χ0) is 12.8. The summed E-state index contributed by atoms with van der Waals surface area (Å²) in [6.45, 7) is 6.52. The Morgan fingerprint density at radius 3 is 2.94 bits per heavy atom. The summed E-state index contributed by atoms with van der Waals surface area (Å²) in [6, 6.07) is 10.7. The number of nitrogens with one attached hydrogen (secondary N) is 1. The van der Waals surface area contributed by atoms with Crippen LogP contribution in [0.25, 0.3) is 10.9 Å². The second-order valence-electron chi connectivity index (χ2n) is 4.23. The summed E-state index contributed by atoms with van der Waals surface area (Å²) in [6.07, 6.45) is 1.82. The Balaban J connectivity index is 2.25. The van der Waals surface area contributed by atoms with Gasteiger partial charge in [-0.2, -0.15) is 0 Å². The normalized spacial score (nSPS) is 12.8. The van der Waals surface area contributed by atoms with E-state index >= 15 is 0 Å². The average molecular weight is 244 g/mol. The van der Waals surface area contributed by atoms with Crippen molar-refractivity contribution in [1.29, 1.82) is 0 Å². The first-order valence-electron chi connectivity index (χ1n) is 6.51. The average Bonchev–Trinajstić information content (AvgIpc) is 2.43. The van der Waals surface area contributed by atoms with Crippen LogP contribution in [0.2, 0.25) is 0 Å². The van der Waals surface area contributed by atoms with E-state index in [1.807, 2.05) is 19.2 Å². The maximum absolute atomic E-state index is 5.54. The molecule has 0 fully saturated rings. The molecule has 0 saturated heterocycles. The molecule has 0 radical (unpaired) electrons. The Hall–Kier alpha value is -1.45. The van der Waals surface area contributed by atoms with Crippen LogP contribution in [0, 0.1) is 0 Å². The largest absolute Gasteiger partial charge is 0.380 e. The highest BCUT2D eigenvalue weighted by Crippen LogP contribution is 2.19. The molecular formula is C15H20N2O. The highest BCUT2D eigenvalue weighted by atomic mass is 16.5. The smallest absolute Gasteiger partial charge is 0.0702 e. The Labute approximate surface area is 108 Å². The number of hydrogen-bond donors (Lipinski definition) is 1. The molecule has 0 aliphatic rings. The van der Waals surface area contributed by atoms with Gasteiger partial charge in [-0.25, -0.2) is 0 Å². The lowest BCUT2D eigenvalue weighted by atomic mass is 10.0. The number of fused-ring (bicyclic) bond motifs is 1. The van der Waals surface area contributed by atoms with Gasteiger partial charge in [0.25, 0.3) is 0 Å². The van der Waals surface area contributed by atoms with E-state index in [9.17, 15) is 0 Å². The summed E-state index contributed by atoms with van der Waals surface area (Å²) >= 11 is 0. The standard InChI is InChI=1S/C15H20N2O/c1-3-16-15(11-18-4-2)13-7-8-14-12(10-13)6-5-9-17-14/h5-10,15-16H,3-4,11H2,1-2H3. The molecule has 0 aliphatic heterocycles. The summed E-state index contributed by atoms with van der Waals surface area (Å²) in [5.74, 6) is 0. The molecular weight excluding hydrogens is 224 g/mol. The van der Waals surface area contributed by atoms with Crippen molar-refractivity contribution in [2.24, 2.45) is 0 Å². The van der Waals surface area contributed by atoms with Gasteiger partial charge >= 0.3 is 0 Å². The molecule has 0 bridgehead atoms. The van der Waals surface area contributed by atoms with Crippen molar-refractivity contribution >= 4 is 10.9 Å². The zero-order valence-electron chi connectivity index (χ0n) is 11.0. The van der Waals surface area contributed by atoms with Crippen molar-refractivity contribution in [3.8, 4) is 0 Å². The van der Waals surface area contributed by atoms with Crippen LogP contribution in [-0.2, 0) is 4.74 Å². The van der Waals surface area contributed by atoms with Gasteiger partial charge in [0.15, 0.2) is 0 Å². The fourth-order valence-corrected chi connectivity index (χ4v) is 2.07. The van der Waals surface area contributed by atoms with Crippen molar-refractivity contribution in [3.63, 3.8) is 0 Å². The van der Waals surface area contributed by atoms with E-state index in [0.717, 1.165) is 18.7 Å². The van der Waals surface area contributed by atoms with Crippen LogP contribution < -0.4 is 5.32 Å². The Kier molecular flexibility index (Phi) is 4.67. The van der Waals surface area contributed by atoms with Gasteiger partial charge in [-0.1, -0.05) is 19.1 Å². The van der Waals surface area contributed by atoms with Gasteiger partial charge in [-0.3, -0.25) is 4.98 Å². The number of benzene rings is 1. The summed E-state index contributed by atoms with van der Waals surface area (Å²) in [7, 11) is 0. The molecule has 2 rings (SSSR count). The van der Waals surface area contributed by atoms with Crippen molar-refractivity contribution in [2.45, 2.75) is 19.9 Å². The van der Waals surface area contributed by atoms with Gasteiger partial charge in [0, 0.05) is 18.2 Å². The first-order chi connectivity index (χ1) is 8.85. The van der Waals surface area contributed by atoms with Crippen LogP contribution in [0.4, 0.5) is 0 Å².